The van der Waals surface area contributed by atoms with Crippen LogP contribution in [0.2, 0.25) is 0 Å². The van der Waals surface area contributed by atoms with Crippen LogP contribution in [-0.2, 0) is 11.2 Å². The van der Waals surface area contributed by atoms with Gasteiger partial charge in [-0.25, -0.2) is 0 Å². The molecule has 17 heavy (non-hydrogen) atoms. The Morgan fingerprint density at radius 3 is 3.06 bits per heavy atom. The van der Waals surface area contributed by atoms with Crippen molar-refractivity contribution in [3.05, 3.63) is 35.4 Å². The summed E-state index contributed by atoms with van der Waals surface area (Å²) in [6.45, 7) is 0.730. The van der Waals surface area contributed by atoms with E-state index in [4.69, 9.17) is 5.73 Å². The molecule has 3 heteroatoms. The van der Waals surface area contributed by atoms with Crippen LogP contribution in [0.4, 0.5) is 5.69 Å². The maximum atomic E-state index is 11.5. The first-order chi connectivity index (χ1) is 8.22. The minimum atomic E-state index is 0.171. The number of rotatable bonds is 4. The predicted octanol–water partition coefficient (Wildman–Crippen LogP) is 1.96. The van der Waals surface area contributed by atoms with Gasteiger partial charge in [-0.3, -0.25) is 4.79 Å². The first kappa shape index (κ1) is 11.9. The van der Waals surface area contributed by atoms with Gasteiger partial charge in [-0.05, 0) is 42.6 Å². The summed E-state index contributed by atoms with van der Waals surface area (Å²) in [5.41, 5.74) is 8.75. The van der Waals surface area contributed by atoms with Crippen LogP contribution in [0.5, 0.6) is 0 Å². The van der Waals surface area contributed by atoms with Crippen LogP contribution in [0.25, 0.3) is 6.08 Å². The van der Waals surface area contributed by atoms with Crippen LogP contribution in [0.3, 0.4) is 0 Å². The second kappa shape index (κ2) is 5.15. The maximum Gasteiger partial charge on any atom is 0.231 e. The summed E-state index contributed by atoms with van der Waals surface area (Å²) >= 11 is 0. The standard InChI is InChI=1S/C14H18N2O/c1-16-13-7-6-11(5-3-2-4-8-15)9-12(13)10-14(16)17/h3,5-7,9H,2,4,8,10,15H2,1H3/b5-3+. The molecule has 90 valence electrons. The van der Waals surface area contributed by atoms with E-state index in [1.807, 2.05) is 19.2 Å². The quantitative estimate of drug-likeness (QED) is 0.804. The van der Waals surface area contributed by atoms with Crippen LogP contribution in [0, 0.1) is 0 Å². The Kier molecular flexibility index (Phi) is 3.59. The largest absolute Gasteiger partial charge is 0.330 e. The number of carbonyl (C=O) groups excluding carboxylic acids is 1. The normalized spacial score (nSPS) is 14.7. The highest BCUT2D eigenvalue weighted by Crippen LogP contribution is 2.28. The van der Waals surface area contributed by atoms with Gasteiger partial charge in [0.15, 0.2) is 0 Å². The molecule has 0 aliphatic carbocycles. The van der Waals surface area contributed by atoms with E-state index < -0.39 is 0 Å². The van der Waals surface area contributed by atoms with Gasteiger partial charge in [-0.2, -0.15) is 0 Å². The summed E-state index contributed by atoms with van der Waals surface area (Å²) < 4.78 is 0. The van der Waals surface area contributed by atoms with Crippen molar-refractivity contribution < 1.29 is 4.79 Å². The van der Waals surface area contributed by atoms with Crippen LogP contribution < -0.4 is 10.6 Å². The molecule has 1 aliphatic rings. The minimum Gasteiger partial charge on any atom is -0.330 e. The predicted molar refractivity (Wildman–Crippen MR) is 70.9 cm³/mol. The number of allylic oxidation sites excluding steroid dienone is 1. The molecule has 2 N–H and O–H groups in total. The van der Waals surface area contributed by atoms with Crippen molar-refractivity contribution in [1.82, 2.24) is 0 Å². The summed E-state index contributed by atoms with van der Waals surface area (Å²) in [7, 11) is 1.82. The first-order valence-electron chi connectivity index (χ1n) is 5.98. The third-order valence-corrected chi connectivity index (χ3v) is 3.07. The zero-order valence-electron chi connectivity index (χ0n) is 10.1. The Bertz CT molecular complexity index is 452. The smallest absolute Gasteiger partial charge is 0.231 e. The first-order valence-corrected chi connectivity index (χ1v) is 5.98. The number of hydrogen-bond acceptors (Lipinski definition) is 2. The molecule has 1 amide bonds. The average Bonchev–Trinajstić information content (AvgIpc) is 2.61. The lowest BCUT2D eigenvalue weighted by molar-refractivity contribution is -0.117. The molecule has 2 rings (SSSR count). The van der Waals surface area contributed by atoms with E-state index in [0.29, 0.717) is 6.42 Å². The lowest BCUT2D eigenvalue weighted by Crippen LogP contribution is -2.20. The van der Waals surface area contributed by atoms with Crippen molar-refractivity contribution >= 4 is 17.7 Å². The van der Waals surface area contributed by atoms with Gasteiger partial charge < -0.3 is 10.6 Å². The number of amides is 1. The summed E-state index contributed by atoms with van der Waals surface area (Å²) in [5, 5.41) is 0. The van der Waals surface area contributed by atoms with E-state index >= 15 is 0 Å². The lowest BCUT2D eigenvalue weighted by Gasteiger charge is -2.09. The molecular weight excluding hydrogens is 212 g/mol. The monoisotopic (exact) mass is 230 g/mol. The van der Waals surface area contributed by atoms with E-state index in [2.05, 4.69) is 18.2 Å². The summed E-state index contributed by atoms with van der Waals surface area (Å²) in [6, 6.07) is 6.16. The summed E-state index contributed by atoms with van der Waals surface area (Å²) in [4.78, 5) is 13.3. The molecule has 1 aromatic rings. The Hall–Kier alpha value is -1.61. The molecule has 0 unspecified atom stereocenters. The van der Waals surface area contributed by atoms with Gasteiger partial charge >= 0.3 is 0 Å². The number of benzene rings is 1. The zero-order valence-corrected chi connectivity index (χ0v) is 10.1. The highest BCUT2D eigenvalue weighted by atomic mass is 16.2. The second-order valence-electron chi connectivity index (χ2n) is 4.35. The third-order valence-electron chi connectivity index (χ3n) is 3.07. The van der Waals surface area contributed by atoms with Gasteiger partial charge in [0, 0.05) is 12.7 Å². The molecule has 0 saturated carbocycles. The number of unbranched alkanes of at least 4 members (excludes halogenated alkanes) is 1. The number of likely N-dealkylation sites (N-methyl/N-ethyl adjacent to an activating group) is 1. The number of nitrogens with two attached hydrogens (primary N) is 1. The molecule has 0 radical (unpaired) electrons. The fraction of sp³-hybridized carbons (Fsp3) is 0.357. The molecule has 3 nitrogen and oxygen atoms in total. The maximum absolute atomic E-state index is 11.5. The zero-order chi connectivity index (χ0) is 12.3. The summed E-state index contributed by atoms with van der Waals surface area (Å²) in [6.07, 6.45) is 6.78. The van der Waals surface area contributed by atoms with Gasteiger partial charge in [-0.1, -0.05) is 18.2 Å². The van der Waals surface area contributed by atoms with E-state index in [0.717, 1.165) is 36.2 Å². The van der Waals surface area contributed by atoms with Gasteiger partial charge in [0.25, 0.3) is 0 Å². The lowest BCUT2D eigenvalue weighted by atomic mass is 10.1. The fourth-order valence-corrected chi connectivity index (χ4v) is 2.05. The van der Waals surface area contributed by atoms with Crippen molar-refractivity contribution in [2.24, 2.45) is 5.73 Å². The highest BCUT2D eigenvalue weighted by Gasteiger charge is 2.23. The minimum absolute atomic E-state index is 0.171. The summed E-state index contributed by atoms with van der Waals surface area (Å²) in [5.74, 6) is 0.171. The van der Waals surface area contributed by atoms with Gasteiger partial charge in [-0.15, -0.1) is 0 Å². The molecule has 0 aromatic heterocycles. The average molecular weight is 230 g/mol. The highest BCUT2D eigenvalue weighted by molar-refractivity contribution is 6.01. The molecule has 0 bridgehead atoms. The number of hydrogen-bond donors (Lipinski definition) is 1. The molecule has 0 atom stereocenters. The van der Waals surface area contributed by atoms with E-state index in [-0.39, 0.29) is 5.91 Å². The van der Waals surface area contributed by atoms with Crippen LogP contribution in [0.1, 0.15) is 24.0 Å². The SMILES string of the molecule is CN1C(=O)Cc2cc(/C=C/CCCN)ccc21. The van der Waals surface area contributed by atoms with Gasteiger partial charge in [0.2, 0.25) is 5.91 Å². The number of anilines is 1. The van der Waals surface area contributed by atoms with Crippen molar-refractivity contribution in [2.45, 2.75) is 19.3 Å². The molecule has 0 saturated heterocycles. The third kappa shape index (κ3) is 2.56. The molecule has 1 heterocycles. The van der Waals surface area contributed by atoms with Crippen molar-refractivity contribution in [3.8, 4) is 0 Å². The van der Waals surface area contributed by atoms with E-state index in [1.165, 1.54) is 0 Å². The topological polar surface area (TPSA) is 46.3 Å². The number of fused-ring (bicyclic) bond motifs is 1. The molecule has 1 aromatic carbocycles. The van der Waals surface area contributed by atoms with Crippen LogP contribution in [0.15, 0.2) is 24.3 Å². The van der Waals surface area contributed by atoms with E-state index in [9.17, 15) is 4.79 Å². The number of nitrogens with zero attached hydrogens (tertiary/aromatic N) is 1. The van der Waals surface area contributed by atoms with Crippen molar-refractivity contribution in [2.75, 3.05) is 18.5 Å². The Labute approximate surface area is 102 Å². The molecule has 0 fully saturated rings. The van der Waals surface area contributed by atoms with E-state index in [1.54, 1.807) is 4.90 Å². The van der Waals surface area contributed by atoms with Crippen LogP contribution in [-0.4, -0.2) is 19.5 Å². The molecular formula is C14H18N2O. The van der Waals surface area contributed by atoms with Gasteiger partial charge in [0.05, 0.1) is 6.42 Å². The second-order valence-corrected chi connectivity index (χ2v) is 4.35. The van der Waals surface area contributed by atoms with Crippen LogP contribution >= 0.6 is 0 Å². The van der Waals surface area contributed by atoms with Crippen molar-refractivity contribution in [1.29, 1.82) is 0 Å². The Morgan fingerprint density at radius 2 is 2.29 bits per heavy atom. The Balaban J connectivity index is 2.10. The van der Waals surface area contributed by atoms with Crippen molar-refractivity contribution in [3.63, 3.8) is 0 Å². The van der Waals surface area contributed by atoms with Gasteiger partial charge in [0.1, 0.15) is 0 Å². The molecule has 0 spiro atoms. The Morgan fingerprint density at radius 1 is 1.47 bits per heavy atom. The fourth-order valence-electron chi connectivity index (χ4n) is 2.05. The molecule has 1 aliphatic heterocycles. The number of carbonyl (C=O) groups is 1.